The summed E-state index contributed by atoms with van der Waals surface area (Å²) in [5, 5.41) is 0. The first-order valence-electron chi connectivity index (χ1n) is 4.55. The molecule has 0 saturated carbocycles. The standard InChI is InChI=1S/C9H6F5NO4/c1-18-8(17)5-3(19-9(12,13)14)2-4(16)15-6(5)7(10)11/h2,7H,1H3,(H,15,16). The van der Waals surface area contributed by atoms with Crippen LogP contribution < -0.4 is 10.3 Å². The molecule has 0 amide bonds. The van der Waals surface area contributed by atoms with Gasteiger partial charge in [0.25, 0.3) is 12.0 Å². The fraction of sp³-hybridized carbons (Fsp3) is 0.333. The molecule has 0 bridgehead atoms. The number of alkyl halides is 5. The van der Waals surface area contributed by atoms with E-state index in [2.05, 4.69) is 9.47 Å². The number of pyridine rings is 1. The molecule has 10 heteroatoms. The van der Waals surface area contributed by atoms with Crippen LogP contribution in [-0.4, -0.2) is 24.4 Å². The van der Waals surface area contributed by atoms with Gasteiger partial charge in [-0.1, -0.05) is 0 Å². The van der Waals surface area contributed by atoms with Crippen LogP contribution in [0.4, 0.5) is 22.0 Å². The summed E-state index contributed by atoms with van der Waals surface area (Å²) in [6.07, 6.45) is -8.64. The van der Waals surface area contributed by atoms with Crippen molar-refractivity contribution in [3.05, 3.63) is 27.7 Å². The maximum atomic E-state index is 12.6. The van der Waals surface area contributed by atoms with Gasteiger partial charge in [0.05, 0.1) is 7.11 Å². The molecule has 0 aromatic carbocycles. The van der Waals surface area contributed by atoms with Crippen LogP contribution in [0.1, 0.15) is 22.5 Å². The van der Waals surface area contributed by atoms with Crippen LogP contribution >= 0.6 is 0 Å². The van der Waals surface area contributed by atoms with Crippen molar-refractivity contribution in [2.75, 3.05) is 7.11 Å². The molecule has 0 spiro atoms. The molecule has 1 aromatic heterocycles. The van der Waals surface area contributed by atoms with Crippen molar-refractivity contribution >= 4 is 5.97 Å². The largest absolute Gasteiger partial charge is 0.573 e. The number of hydrogen-bond donors (Lipinski definition) is 1. The van der Waals surface area contributed by atoms with E-state index in [0.29, 0.717) is 0 Å². The number of halogens is 5. The smallest absolute Gasteiger partial charge is 0.465 e. The van der Waals surface area contributed by atoms with Crippen LogP contribution in [0.15, 0.2) is 10.9 Å². The van der Waals surface area contributed by atoms with Crippen LogP contribution in [-0.2, 0) is 4.74 Å². The Kier molecular flexibility index (Phi) is 4.12. The Hall–Kier alpha value is -2.13. The summed E-state index contributed by atoms with van der Waals surface area (Å²) in [6, 6.07) is 0.228. The zero-order valence-corrected chi connectivity index (χ0v) is 9.18. The van der Waals surface area contributed by atoms with Crippen molar-refractivity contribution in [3.8, 4) is 5.75 Å². The van der Waals surface area contributed by atoms with Crippen molar-refractivity contribution in [3.63, 3.8) is 0 Å². The van der Waals surface area contributed by atoms with Gasteiger partial charge in [-0.15, -0.1) is 13.2 Å². The Bertz CT molecular complexity index is 536. The van der Waals surface area contributed by atoms with Crippen LogP contribution in [0.5, 0.6) is 5.75 Å². The van der Waals surface area contributed by atoms with Gasteiger partial charge in [-0.2, -0.15) is 0 Å². The first-order valence-corrected chi connectivity index (χ1v) is 4.55. The minimum Gasteiger partial charge on any atom is -0.465 e. The number of aromatic amines is 1. The van der Waals surface area contributed by atoms with Crippen molar-refractivity contribution in [2.45, 2.75) is 12.8 Å². The SMILES string of the molecule is COC(=O)c1c(OC(F)(F)F)cc(=O)[nH]c1C(F)F. The van der Waals surface area contributed by atoms with Gasteiger partial charge in [-0.3, -0.25) is 4.79 Å². The average molecular weight is 287 g/mol. The van der Waals surface area contributed by atoms with E-state index in [1.807, 2.05) is 0 Å². The fourth-order valence-corrected chi connectivity index (χ4v) is 1.24. The number of hydrogen-bond acceptors (Lipinski definition) is 4. The summed E-state index contributed by atoms with van der Waals surface area (Å²) in [6.45, 7) is 0. The number of methoxy groups -OCH3 is 1. The van der Waals surface area contributed by atoms with Gasteiger partial charge in [0.1, 0.15) is 11.3 Å². The van der Waals surface area contributed by atoms with Gasteiger partial charge in [-0.05, 0) is 0 Å². The molecule has 0 aliphatic heterocycles. The lowest BCUT2D eigenvalue weighted by atomic mass is 10.1. The van der Waals surface area contributed by atoms with Gasteiger partial charge < -0.3 is 14.5 Å². The Morgan fingerprint density at radius 2 is 1.95 bits per heavy atom. The number of nitrogens with one attached hydrogen (secondary N) is 1. The minimum atomic E-state index is -5.25. The molecule has 0 atom stereocenters. The fourth-order valence-electron chi connectivity index (χ4n) is 1.24. The average Bonchev–Trinajstić information content (AvgIpc) is 2.24. The van der Waals surface area contributed by atoms with E-state index in [0.717, 1.165) is 7.11 Å². The highest BCUT2D eigenvalue weighted by Gasteiger charge is 2.35. The molecule has 1 heterocycles. The molecule has 0 radical (unpaired) electrons. The molecule has 0 saturated heterocycles. The highest BCUT2D eigenvalue weighted by atomic mass is 19.4. The second kappa shape index (κ2) is 5.24. The maximum absolute atomic E-state index is 12.6. The molecule has 5 nitrogen and oxygen atoms in total. The number of rotatable bonds is 3. The van der Waals surface area contributed by atoms with Crippen molar-refractivity contribution in [1.82, 2.24) is 4.98 Å². The highest BCUT2D eigenvalue weighted by Crippen LogP contribution is 2.31. The normalized spacial score (nSPS) is 11.5. The highest BCUT2D eigenvalue weighted by molar-refractivity contribution is 5.93. The third kappa shape index (κ3) is 3.66. The van der Waals surface area contributed by atoms with Gasteiger partial charge in [-0.25, -0.2) is 13.6 Å². The number of H-pyrrole nitrogens is 1. The molecule has 1 rings (SSSR count). The van der Waals surface area contributed by atoms with E-state index in [1.165, 1.54) is 0 Å². The lowest BCUT2D eigenvalue weighted by Gasteiger charge is -2.14. The van der Waals surface area contributed by atoms with Crippen molar-refractivity contribution < 1.29 is 36.2 Å². The quantitative estimate of drug-likeness (QED) is 0.682. The maximum Gasteiger partial charge on any atom is 0.573 e. The van der Waals surface area contributed by atoms with E-state index in [-0.39, 0.29) is 6.07 Å². The summed E-state index contributed by atoms with van der Waals surface area (Å²) in [4.78, 5) is 23.8. The topological polar surface area (TPSA) is 68.4 Å². The lowest BCUT2D eigenvalue weighted by Crippen LogP contribution is -2.23. The number of carbonyl (C=O) groups is 1. The Morgan fingerprint density at radius 1 is 1.37 bits per heavy atom. The van der Waals surface area contributed by atoms with Gasteiger partial charge >= 0.3 is 12.3 Å². The first kappa shape index (κ1) is 14.9. The predicted octanol–water partition coefficient (Wildman–Crippen LogP) is 2.00. The number of ether oxygens (including phenoxy) is 2. The lowest BCUT2D eigenvalue weighted by molar-refractivity contribution is -0.274. The molecule has 1 aromatic rings. The number of aromatic nitrogens is 1. The van der Waals surface area contributed by atoms with Gasteiger partial charge in [0, 0.05) is 6.07 Å². The third-order valence-corrected chi connectivity index (χ3v) is 1.87. The van der Waals surface area contributed by atoms with E-state index >= 15 is 0 Å². The number of esters is 1. The summed E-state index contributed by atoms with van der Waals surface area (Å²) >= 11 is 0. The zero-order chi connectivity index (χ0) is 14.8. The van der Waals surface area contributed by atoms with Gasteiger partial charge in [0.2, 0.25) is 0 Å². The molecule has 0 unspecified atom stereocenters. The van der Waals surface area contributed by atoms with Crippen LogP contribution in [0.3, 0.4) is 0 Å². The number of carbonyl (C=O) groups excluding carboxylic acids is 1. The molecule has 19 heavy (non-hydrogen) atoms. The van der Waals surface area contributed by atoms with Crippen molar-refractivity contribution in [2.24, 2.45) is 0 Å². The van der Waals surface area contributed by atoms with E-state index in [4.69, 9.17) is 0 Å². The summed E-state index contributed by atoms with van der Waals surface area (Å²) in [5.41, 5.74) is -3.77. The van der Waals surface area contributed by atoms with Crippen LogP contribution in [0, 0.1) is 0 Å². The second-order valence-electron chi connectivity index (χ2n) is 3.13. The van der Waals surface area contributed by atoms with Gasteiger partial charge in [0.15, 0.2) is 5.75 Å². The summed E-state index contributed by atoms with van der Waals surface area (Å²) in [7, 11) is 0.778. The monoisotopic (exact) mass is 287 g/mol. The third-order valence-electron chi connectivity index (χ3n) is 1.87. The molecule has 106 valence electrons. The molecule has 1 N–H and O–H groups in total. The van der Waals surface area contributed by atoms with Crippen molar-refractivity contribution in [1.29, 1.82) is 0 Å². The molecule has 0 fully saturated rings. The minimum absolute atomic E-state index is 0.228. The van der Waals surface area contributed by atoms with Crippen LogP contribution in [0.2, 0.25) is 0 Å². The van der Waals surface area contributed by atoms with Crippen LogP contribution in [0.25, 0.3) is 0 Å². The molecule has 0 aliphatic carbocycles. The Balaban J connectivity index is 3.51. The van der Waals surface area contributed by atoms with E-state index < -0.39 is 41.3 Å². The summed E-state index contributed by atoms with van der Waals surface area (Å²) in [5.74, 6) is -2.84. The summed E-state index contributed by atoms with van der Waals surface area (Å²) < 4.78 is 68.9. The first-order chi connectivity index (χ1) is 8.65. The zero-order valence-electron chi connectivity index (χ0n) is 9.18. The van der Waals surface area contributed by atoms with E-state index in [1.54, 1.807) is 4.98 Å². The van der Waals surface area contributed by atoms with E-state index in [9.17, 15) is 31.5 Å². The molecular weight excluding hydrogens is 281 g/mol. The Labute approximate surface area is 101 Å². The molecular formula is C9H6F5NO4. The molecule has 0 aliphatic rings. The second-order valence-corrected chi connectivity index (χ2v) is 3.13. The predicted molar refractivity (Wildman–Crippen MR) is 50.0 cm³/mol. The Morgan fingerprint density at radius 3 is 2.37 bits per heavy atom.